The van der Waals surface area contributed by atoms with E-state index < -0.39 is 0 Å². The molecule has 1 aliphatic rings. The van der Waals surface area contributed by atoms with Crippen LogP contribution in [0.4, 0.5) is 0 Å². The Morgan fingerprint density at radius 3 is 2.60 bits per heavy atom. The highest BCUT2D eigenvalue weighted by molar-refractivity contribution is 5.66. The molecule has 1 rings (SSSR count). The summed E-state index contributed by atoms with van der Waals surface area (Å²) in [6.45, 7) is 3.63. The standard InChI is InChI=1S/C10H18O5/c1-6(12-3)9-10(13-4)8(5-14-9)15-7(2)11/h6,8-10H,5H2,1-4H3. The van der Waals surface area contributed by atoms with E-state index in [1.807, 2.05) is 6.92 Å². The monoisotopic (exact) mass is 218 g/mol. The Morgan fingerprint density at radius 1 is 1.47 bits per heavy atom. The van der Waals surface area contributed by atoms with Crippen molar-refractivity contribution in [2.45, 2.75) is 38.3 Å². The number of rotatable bonds is 4. The van der Waals surface area contributed by atoms with Gasteiger partial charge >= 0.3 is 5.97 Å². The van der Waals surface area contributed by atoms with Gasteiger partial charge in [0.05, 0.1) is 12.7 Å². The molecule has 0 saturated carbocycles. The van der Waals surface area contributed by atoms with Crippen LogP contribution in [-0.2, 0) is 23.7 Å². The second-order valence-electron chi connectivity index (χ2n) is 3.59. The van der Waals surface area contributed by atoms with Crippen LogP contribution in [0.25, 0.3) is 0 Å². The van der Waals surface area contributed by atoms with Crippen molar-refractivity contribution in [1.82, 2.24) is 0 Å². The zero-order valence-corrected chi connectivity index (χ0v) is 9.56. The fourth-order valence-electron chi connectivity index (χ4n) is 1.74. The summed E-state index contributed by atoms with van der Waals surface area (Å²) in [5.41, 5.74) is 0. The summed E-state index contributed by atoms with van der Waals surface area (Å²) < 4.78 is 21.0. The molecule has 1 saturated heterocycles. The van der Waals surface area contributed by atoms with Gasteiger partial charge in [-0.1, -0.05) is 0 Å². The van der Waals surface area contributed by atoms with Crippen LogP contribution in [0.3, 0.4) is 0 Å². The van der Waals surface area contributed by atoms with Crippen LogP contribution < -0.4 is 0 Å². The molecule has 0 radical (unpaired) electrons. The third-order valence-corrected chi connectivity index (χ3v) is 2.57. The summed E-state index contributed by atoms with van der Waals surface area (Å²) in [4.78, 5) is 10.8. The fourth-order valence-corrected chi connectivity index (χ4v) is 1.74. The van der Waals surface area contributed by atoms with Gasteiger partial charge in [0, 0.05) is 21.1 Å². The maximum Gasteiger partial charge on any atom is 0.303 e. The van der Waals surface area contributed by atoms with Crippen molar-refractivity contribution in [1.29, 1.82) is 0 Å². The maximum absolute atomic E-state index is 10.8. The van der Waals surface area contributed by atoms with Gasteiger partial charge < -0.3 is 18.9 Å². The van der Waals surface area contributed by atoms with Gasteiger partial charge in [-0.15, -0.1) is 0 Å². The Morgan fingerprint density at radius 2 is 2.13 bits per heavy atom. The Bertz CT molecular complexity index is 218. The zero-order chi connectivity index (χ0) is 11.4. The molecule has 1 heterocycles. The van der Waals surface area contributed by atoms with Crippen molar-refractivity contribution in [2.24, 2.45) is 0 Å². The first-order valence-electron chi connectivity index (χ1n) is 4.94. The molecule has 0 amide bonds. The van der Waals surface area contributed by atoms with Crippen LogP contribution >= 0.6 is 0 Å². The second kappa shape index (κ2) is 5.44. The molecule has 0 bridgehead atoms. The largest absolute Gasteiger partial charge is 0.457 e. The Labute approximate surface area is 89.6 Å². The van der Waals surface area contributed by atoms with Gasteiger partial charge in [-0.2, -0.15) is 0 Å². The number of carbonyl (C=O) groups excluding carboxylic acids is 1. The predicted octanol–water partition coefficient (Wildman–Crippen LogP) is 0.367. The highest BCUT2D eigenvalue weighted by Crippen LogP contribution is 2.23. The van der Waals surface area contributed by atoms with Gasteiger partial charge in [-0.3, -0.25) is 4.79 Å². The minimum Gasteiger partial charge on any atom is -0.457 e. The topological polar surface area (TPSA) is 54.0 Å². The van der Waals surface area contributed by atoms with E-state index in [0.717, 1.165) is 0 Å². The van der Waals surface area contributed by atoms with Gasteiger partial charge in [0.1, 0.15) is 12.2 Å². The molecule has 1 aliphatic heterocycles. The minimum absolute atomic E-state index is 0.0875. The van der Waals surface area contributed by atoms with E-state index in [0.29, 0.717) is 6.61 Å². The first kappa shape index (κ1) is 12.4. The quantitative estimate of drug-likeness (QED) is 0.638. The van der Waals surface area contributed by atoms with E-state index in [1.165, 1.54) is 6.92 Å². The SMILES string of the molecule is COC(C)C1OCC(OC(C)=O)C1OC. The molecule has 0 N–H and O–H groups in total. The highest BCUT2D eigenvalue weighted by Gasteiger charge is 2.42. The number of hydrogen-bond donors (Lipinski definition) is 0. The molecule has 88 valence electrons. The first-order chi connectivity index (χ1) is 7.10. The lowest BCUT2D eigenvalue weighted by Gasteiger charge is -2.24. The van der Waals surface area contributed by atoms with Crippen LogP contribution in [0.1, 0.15) is 13.8 Å². The van der Waals surface area contributed by atoms with E-state index >= 15 is 0 Å². The molecule has 5 heteroatoms. The number of ether oxygens (including phenoxy) is 4. The van der Waals surface area contributed by atoms with Gasteiger partial charge in [0.25, 0.3) is 0 Å². The van der Waals surface area contributed by atoms with E-state index in [-0.39, 0.29) is 30.4 Å². The third-order valence-electron chi connectivity index (χ3n) is 2.57. The van der Waals surface area contributed by atoms with E-state index in [2.05, 4.69) is 0 Å². The Hall–Kier alpha value is -0.650. The molecule has 0 aromatic rings. The summed E-state index contributed by atoms with van der Waals surface area (Å²) in [5, 5.41) is 0. The van der Waals surface area contributed by atoms with E-state index in [9.17, 15) is 4.79 Å². The Kier molecular flexibility index (Phi) is 4.50. The third kappa shape index (κ3) is 2.90. The lowest BCUT2D eigenvalue weighted by Crippen LogP contribution is -2.40. The number of esters is 1. The smallest absolute Gasteiger partial charge is 0.303 e. The van der Waals surface area contributed by atoms with E-state index in [4.69, 9.17) is 18.9 Å². The van der Waals surface area contributed by atoms with Crippen LogP contribution in [0, 0.1) is 0 Å². The maximum atomic E-state index is 10.8. The molecule has 1 fully saturated rings. The molecule has 15 heavy (non-hydrogen) atoms. The zero-order valence-electron chi connectivity index (χ0n) is 9.56. The molecule has 0 aromatic carbocycles. The fraction of sp³-hybridized carbons (Fsp3) is 0.900. The first-order valence-corrected chi connectivity index (χ1v) is 4.94. The molecular weight excluding hydrogens is 200 g/mol. The lowest BCUT2D eigenvalue weighted by molar-refractivity contribution is -0.151. The highest BCUT2D eigenvalue weighted by atomic mass is 16.6. The summed E-state index contributed by atoms with van der Waals surface area (Å²) in [6.07, 6.45) is -0.876. The molecule has 4 atom stereocenters. The van der Waals surface area contributed by atoms with Crippen LogP contribution in [0.2, 0.25) is 0 Å². The molecule has 0 spiro atoms. The van der Waals surface area contributed by atoms with Crippen molar-refractivity contribution in [3.63, 3.8) is 0 Å². The van der Waals surface area contributed by atoms with Crippen molar-refractivity contribution < 1.29 is 23.7 Å². The predicted molar refractivity (Wildman–Crippen MR) is 52.6 cm³/mol. The number of methoxy groups -OCH3 is 2. The average molecular weight is 218 g/mol. The van der Waals surface area contributed by atoms with Crippen molar-refractivity contribution in [3.05, 3.63) is 0 Å². The van der Waals surface area contributed by atoms with Crippen molar-refractivity contribution >= 4 is 5.97 Å². The second-order valence-corrected chi connectivity index (χ2v) is 3.59. The summed E-state index contributed by atoms with van der Waals surface area (Å²) in [5.74, 6) is -0.323. The van der Waals surface area contributed by atoms with Crippen molar-refractivity contribution in [2.75, 3.05) is 20.8 Å². The van der Waals surface area contributed by atoms with Crippen LogP contribution in [-0.4, -0.2) is 51.2 Å². The molecular formula is C10H18O5. The Balaban J connectivity index is 2.60. The lowest BCUT2D eigenvalue weighted by atomic mass is 10.1. The summed E-state index contributed by atoms with van der Waals surface area (Å²) in [6, 6.07) is 0. The van der Waals surface area contributed by atoms with Gasteiger partial charge in [-0.05, 0) is 6.92 Å². The van der Waals surface area contributed by atoms with Crippen molar-refractivity contribution in [3.8, 4) is 0 Å². The normalized spacial score (nSPS) is 32.7. The number of carbonyl (C=O) groups is 1. The molecule has 5 nitrogen and oxygen atoms in total. The minimum atomic E-state index is -0.338. The van der Waals surface area contributed by atoms with E-state index in [1.54, 1.807) is 14.2 Å². The number of hydrogen-bond acceptors (Lipinski definition) is 5. The molecule has 0 aliphatic carbocycles. The van der Waals surface area contributed by atoms with Gasteiger partial charge in [0.2, 0.25) is 0 Å². The van der Waals surface area contributed by atoms with Gasteiger partial charge in [-0.25, -0.2) is 0 Å². The van der Waals surface area contributed by atoms with Gasteiger partial charge in [0.15, 0.2) is 6.10 Å². The average Bonchev–Trinajstić information content (AvgIpc) is 2.58. The van der Waals surface area contributed by atoms with Crippen LogP contribution in [0.5, 0.6) is 0 Å². The summed E-state index contributed by atoms with van der Waals surface area (Å²) >= 11 is 0. The molecule has 0 aromatic heterocycles. The molecule has 4 unspecified atom stereocenters. The van der Waals surface area contributed by atoms with Crippen LogP contribution in [0.15, 0.2) is 0 Å². The summed E-state index contributed by atoms with van der Waals surface area (Å²) in [7, 11) is 3.19.